The lowest BCUT2D eigenvalue weighted by atomic mass is 9.74. The number of fused-ring (bicyclic) bond motifs is 4. The third-order valence-electron chi connectivity index (χ3n) is 7.89. The van der Waals surface area contributed by atoms with Crippen molar-refractivity contribution >= 4 is 28.8 Å². The fraction of sp³-hybridized carbons (Fsp3) is 0.0278. The molecule has 2 aromatic heterocycles. The lowest BCUT2D eigenvalue weighted by Crippen LogP contribution is -2.54. The normalized spacial score (nSPS) is 14.6. The molecular weight excluding hydrogens is 502 g/mol. The molecule has 5 heteroatoms. The zero-order chi connectivity index (χ0) is 27.2. The number of hydrogen-bond donors (Lipinski definition) is 0. The molecule has 6 aromatic rings. The number of rotatable bonds is 4. The Bertz CT molecular complexity index is 1860. The summed E-state index contributed by atoms with van der Waals surface area (Å²) in [6, 6.07) is 50.5. The van der Waals surface area contributed by atoms with Gasteiger partial charge in [-0.05, 0) is 53.6 Å². The molecule has 0 unspecified atom stereocenters. The third-order valence-corrected chi connectivity index (χ3v) is 7.89. The van der Waals surface area contributed by atoms with Crippen LogP contribution < -0.4 is 9.80 Å². The fourth-order valence-electron chi connectivity index (χ4n) is 6.22. The first-order chi connectivity index (χ1) is 20.4. The van der Waals surface area contributed by atoms with Gasteiger partial charge in [0.2, 0.25) is 5.96 Å². The van der Waals surface area contributed by atoms with Crippen molar-refractivity contribution in [1.29, 1.82) is 0 Å². The number of guanidine groups is 1. The molecule has 0 spiro atoms. The second-order valence-electron chi connectivity index (χ2n) is 10.1. The van der Waals surface area contributed by atoms with Crippen LogP contribution in [0.4, 0.5) is 22.9 Å². The Balaban J connectivity index is 1.44. The van der Waals surface area contributed by atoms with Crippen molar-refractivity contribution < 1.29 is 0 Å². The second-order valence-corrected chi connectivity index (χ2v) is 10.1. The quantitative estimate of drug-likeness (QED) is 0.232. The minimum atomic E-state index is -0.667. The molecule has 0 bridgehead atoms. The topological polar surface area (TPSA) is 44.6 Å². The van der Waals surface area contributed by atoms with E-state index in [-0.39, 0.29) is 0 Å². The molecule has 8 rings (SSSR count). The molecule has 0 saturated heterocycles. The van der Waals surface area contributed by atoms with E-state index < -0.39 is 5.54 Å². The Morgan fingerprint density at radius 1 is 0.512 bits per heavy atom. The summed E-state index contributed by atoms with van der Waals surface area (Å²) in [5.41, 5.74) is 7.47. The maximum Gasteiger partial charge on any atom is 0.218 e. The summed E-state index contributed by atoms with van der Waals surface area (Å²) in [7, 11) is 0. The SMILES string of the molecule is c1ccc(C2(c3ccccc3)c3ccccc3N=C3N(c4cccc(-c5ccccn5)n4)c4ccccc4N32)cc1. The second kappa shape index (κ2) is 9.28. The smallest absolute Gasteiger partial charge is 0.218 e. The van der Waals surface area contributed by atoms with Crippen LogP contribution >= 0.6 is 0 Å². The Hall–Kier alpha value is -5.55. The zero-order valence-electron chi connectivity index (χ0n) is 22.2. The number of benzene rings is 4. The van der Waals surface area contributed by atoms with Crippen LogP contribution in [0.15, 0.2) is 157 Å². The van der Waals surface area contributed by atoms with Gasteiger partial charge in [-0.3, -0.25) is 14.8 Å². The van der Waals surface area contributed by atoms with Gasteiger partial charge in [0.15, 0.2) is 0 Å². The Labute approximate surface area is 238 Å². The van der Waals surface area contributed by atoms with Crippen LogP contribution in [0.5, 0.6) is 0 Å². The largest absolute Gasteiger partial charge is 0.291 e. The summed E-state index contributed by atoms with van der Waals surface area (Å²) >= 11 is 0. The summed E-state index contributed by atoms with van der Waals surface area (Å²) in [4.78, 5) is 19.6. The molecule has 0 radical (unpaired) electrons. The van der Waals surface area contributed by atoms with E-state index in [0.717, 1.165) is 56.9 Å². The molecule has 0 aliphatic carbocycles. The van der Waals surface area contributed by atoms with Gasteiger partial charge < -0.3 is 0 Å². The highest BCUT2D eigenvalue weighted by molar-refractivity contribution is 6.23. The number of pyridine rings is 2. The predicted molar refractivity (Wildman–Crippen MR) is 165 cm³/mol. The summed E-state index contributed by atoms with van der Waals surface area (Å²) in [5.74, 6) is 1.60. The Morgan fingerprint density at radius 2 is 1.15 bits per heavy atom. The molecule has 4 heterocycles. The molecule has 41 heavy (non-hydrogen) atoms. The highest BCUT2D eigenvalue weighted by Gasteiger charge is 2.53. The standard InChI is InChI=1S/C36H25N5/c1-3-14-26(15-4-1)36(27-16-5-2-6-17-27)28-18-7-8-19-29(28)39-35-40(32-22-9-10-23-33(32)41(35)36)34-24-13-21-31(38-34)30-20-11-12-25-37-30/h1-25H. The number of hydrogen-bond acceptors (Lipinski definition) is 5. The molecular formula is C36H25N5. The summed E-state index contributed by atoms with van der Waals surface area (Å²) in [6.07, 6.45) is 1.80. The molecule has 5 nitrogen and oxygen atoms in total. The summed E-state index contributed by atoms with van der Waals surface area (Å²) in [6.45, 7) is 0. The van der Waals surface area contributed by atoms with Gasteiger partial charge in [-0.15, -0.1) is 0 Å². The van der Waals surface area contributed by atoms with Gasteiger partial charge in [-0.1, -0.05) is 103 Å². The number of nitrogens with zero attached hydrogens (tertiary/aromatic N) is 5. The van der Waals surface area contributed by atoms with E-state index >= 15 is 0 Å². The summed E-state index contributed by atoms with van der Waals surface area (Å²) in [5, 5.41) is 0. The first-order valence-electron chi connectivity index (χ1n) is 13.7. The fourth-order valence-corrected chi connectivity index (χ4v) is 6.22. The van der Waals surface area contributed by atoms with E-state index in [2.05, 4.69) is 124 Å². The van der Waals surface area contributed by atoms with Crippen LogP contribution in [-0.2, 0) is 5.54 Å². The number of aromatic nitrogens is 2. The van der Waals surface area contributed by atoms with E-state index in [1.807, 2.05) is 36.4 Å². The van der Waals surface area contributed by atoms with Crippen molar-refractivity contribution in [2.75, 3.05) is 9.80 Å². The molecule has 0 atom stereocenters. The van der Waals surface area contributed by atoms with E-state index in [1.54, 1.807) is 6.20 Å². The lowest BCUT2D eigenvalue weighted by molar-refractivity contribution is 0.635. The average molecular weight is 528 g/mol. The van der Waals surface area contributed by atoms with E-state index in [4.69, 9.17) is 9.98 Å². The van der Waals surface area contributed by atoms with Crippen LogP contribution in [-0.4, -0.2) is 15.9 Å². The Kier molecular flexibility index (Phi) is 5.28. The molecule has 4 aromatic carbocycles. The van der Waals surface area contributed by atoms with Crippen molar-refractivity contribution in [2.45, 2.75) is 5.54 Å². The van der Waals surface area contributed by atoms with Gasteiger partial charge >= 0.3 is 0 Å². The van der Waals surface area contributed by atoms with Gasteiger partial charge in [0.05, 0.1) is 28.5 Å². The van der Waals surface area contributed by atoms with Gasteiger partial charge in [-0.2, -0.15) is 0 Å². The van der Waals surface area contributed by atoms with Gasteiger partial charge in [0, 0.05) is 11.8 Å². The Morgan fingerprint density at radius 3 is 1.88 bits per heavy atom. The first kappa shape index (κ1) is 23.3. The molecule has 194 valence electrons. The van der Waals surface area contributed by atoms with Gasteiger partial charge in [-0.25, -0.2) is 9.98 Å². The number of para-hydroxylation sites is 3. The highest BCUT2D eigenvalue weighted by atomic mass is 15.5. The highest BCUT2D eigenvalue weighted by Crippen LogP contribution is 2.56. The predicted octanol–water partition coefficient (Wildman–Crippen LogP) is 8.09. The van der Waals surface area contributed by atoms with Crippen molar-refractivity contribution in [2.24, 2.45) is 4.99 Å². The average Bonchev–Trinajstić information content (AvgIpc) is 3.39. The summed E-state index contributed by atoms with van der Waals surface area (Å²) < 4.78 is 0. The minimum absolute atomic E-state index is 0.667. The third kappa shape index (κ3) is 3.46. The van der Waals surface area contributed by atoms with Crippen LogP contribution in [0.3, 0.4) is 0 Å². The number of aliphatic imine (C=N–C) groups is 1. The maximum absolute atomic E-state index is 5.34. The van der Waals surface area contributed by atoms with Crippen molar-refractivity contribution in [3.63, 3.8) is 0 Å². The number of anilines is 3. The minimum Gasteiger partial charge on any atom is -0.291 e. The molecule has 2 aliphatic rings. The van der Waals surface area contributed by atoms with Crippen molar-refractivity contribution in [1.82, 2.24) is 9.97 Å². The van der Waals surface area contributed by atoms with E-state index in [0.29, 0.717) is 0 Å². The first-order valence-corrected chi connectivity index (χ1v) is 13.7. The van der Waals surface area contributed by atoms with Crippen LogP contribution in [0.2, 0.25) is 0 Å². The zero-order valence-corrected chi connectivity index (χ0v) is 22.2. The van der Waals surface area contributed by atoms with Crippen LogP contribution in [0, 0.1) is 0 Å². The van der Waals surface area contributed by atoms with Crippen LogP contribution in [0.1, 0.15) is 16.7 Å². The molecule has 0 fully saturated rings. The van der Waals surface area contributed by atoms with Gasteiger partial charge in [0.1, 0.15) is 11.4 Å². The maximum atomic E-state index is 5.34. The monoisotopic (exact) mass is 527 g/mol. The molecule has 0 amide bonds. The van der Waals surface area contributed by atoms with E-state index in [9.17, 15) is 0 Å². The van der Waals surface area contributed by atoms with E-state index in [1.165, 1.54) is 0 Å². The van der Waals surface area contributed by atoms with Gasteiger partial charge in [0.25, 0.3) is 0 Å². The molecule has 2 aliphatic heterocycles. The van der Waals surface area contributed by atoms with Crippen molar-refractivity contribution in [3.8, 4) is 11.4 Å². The van der Waals surface area contributed by atoms with Crippen LogP contribution in [0.25, 0.3) is 11.4 Å². The lowest BCUT2D eigenvalue weighted by Gasteiger charge is -2.47. The molecule has 0 N–H and O–H groups in total. The van der Waals surface area contributed by atoms with Crippen molar-refractivity contribution in [3.05, 3.63) is 168 Å². The molecule has 0 saturated carbocycles.